The van der Waals surface area contributed by atoms with Crippen molar-refractivity contribution in [1.29, 1.82) is 0 Å². The predicted molar refractivity (Wildman–Crippen MR) is 106 cm³/mol. The van der Waals surface area contributed by atoms with Crippen LogP contribution in [0, 0.1) is 11.6 Å². The second-order valence-electron chi connectivity index (χ2n) is 6.41. The van der Waals surface area contributed by atoms with E-state index in [0.717, 1.165) is 23.1 Å². The van der Waals surface area contributed by atoms with Crippen molar-refractivity contribution in [3.63, 3.8) is 0 Å². The molecule has 5 nitrogen and oxygen atoms in total. The maximum Gasteiger partial charge on any atom is 0.300 e. The molecule has 0 bridgehead atoms. The summed E-state index contributed by atoms with van der Waals surface area (Å²) in [6, 6.07) is 8.77. The van der Waals surface area contributed by atoms with Gasteiger partial charge in [0.25, 0.3) is 11.7 Å². The summed E-state index contributed by atoms with van der Waals surface area (Å²) in [5.74, 6) is -4.74. The van der Waals surface area contributed by atoms with E-state index < -0.39 is 35.1 Å². The number of hydrogen-bond donors (Lipinski definition) is 1. The lowest BCUT2D eigenvalue weighted by atomic mass is 9.99. The zero-order valence-corrected chi connectivity index (χ0v) is 16.4. The van der Waals surface area contributed by atoms with Crippen LogP contribution in [0.1, 0.15) is 17.4 Å². The monoisotopic (exact) mass is 449 g/mol. The van der Waals surface area contributed by atoms with E-state index in [-0.39, 0.29) is 32.6 Å². The molecule has 152 valence electrons. The van der Waals surface area contributed by atoms with Gasteiger partial charge >= 0.3 is 0 Å². The van der Waals surface area contributed by atoms with E-state index >= 15 is 0 Å². The van der Waals surface area contributed by atoms with Crippen molar-refractivity contribution in [2.24, 2.45) is 0 Å². The van der Waals surface area contributed by atoms with Crippen LogP contribution >= 0.6 is 23.2 Å². The van der Waals surface area contributed by atoms with E-state index in [2.05, 4.69) is 0 Å². The number of amides is 1. The maximum absolute atomic E-state index is 13.8. The Morgan fingerprint density at radius 3 is 2.40 bits per heavy atom. The third kappa shape index (κ3) is 3.26. The molecule has 1 aromatic heterocycles. The molecule has 9 heteroatoms. The number of halogens is 4. The van der Waals surface area contributed by atoms with E-state index in [4.69, 9.17) is 27.6 Å². The molecule has 1 amide bonds. The Bertz CT molecular complexity index is 1210. The van der Waals surface area contributed by atoms with Crippen LogP contribution in [0.5, 0.6) is 0 Å². The van der Waals surface area contributed by atoms with Gasteiger partial charge in [0.2, 0.25) is 0 Å². The molecule has 4 rings (SSSR count). The van der Waals surface area contributed by atoms with Gasteiger partial charge in [-0.1, -0.05) is 23.2 Å². The predicted octanol–water partition coefficient (Wildman–Crippen LogP) is 5.49. The lowest BCUT2D eigenvalue weighted by Gasteiger charge is -2.23. The van der Waals surface area contributed by atoms with Crippen LogP contribution in [0.15, 0.2) is 64.8 Å². The molecule has 1 unspecified atom stereocenters. The van der Waals surface area contributed by atoms with E-state index in [9.17, 15) is 23.5 Å². The lowest BCUT2D eigenvalue weighted by Crippen LogP contribution is -2.29. The molecule has 1 aliphatic heterocycles. The Kier molecular flexibility index (Phi) is 5.09. The van der Waals surface area contributed by atoms with Crippen molar-refractivity contribution < 1.29 is 27.9 Å². The van der Waals surface area contributed by atoms with Crippen LogP contribution in [-0.4, -0.2) is 16.8 Å². The molecule has 0 saturated carbocycles. The SMILES string of the molecule is O=C1C(=O)N(c2ccc(F)c(F)c2)C(c2ccco2)/C1=C(/O)c1ccc(Cl)c(Cl)c1. The van der Waals surface area contributed by atoms with Gasteiger partial charge < -0.3 is 9.52 Å². The minimum Gasteiger partial charge on any atom is -0.507 e. The van der Waals surface area contributed by atoms with Crippen LogP contribution in [0.2, 0.25) is 10.0 Å². The highest BCUT2D eigenvalue weighted by Crippen LogP contribution is 2.42. The average molecular weight is 450 g/mol. The molecule has 2 heterocycles. The number of nitrogens with zero attached hydrogens (tertiary/aromatic N) is 1. The number of carbonyl (C=O) groups excluding carboxylic acids is 2. The fraction of sp³-hybridized carbons (Fsp3) is 0.0476. The van der Waals surface area contributed by atoms with Gasteiger partial charge in [0, 0.05) is 17.3 Å². The van der Waals surface area contributed by atoms with Crippen LogP contribution in [0.3, 0.4) is 0 Å². The Morgan fingerprint density at radius 1 is 1.00 bits per heavy atom. The Labute approximate surface area is 178 Å². The smallest absolute Gasteiger partial charge is 0.300 e. The number of ketones is 1. The molecule has 0 spiro atoms. The van der Waals surface area contributed by atoms with E-state index in [1.54, 1.807) is 0 Å². The summed E-state index contributed by atoms with van der Waals surface area (Å²) in [4.78, 5) is 26.6. The van der Waals surface area contributed by atoms with Gasteiger partial charge in [0.15, 0.2) is 11.6 Å². The van der Waals surface area contributed by atoms with Crippen molar-refractivity contribution in [3.05, 3.63) is 93.4 Å². The molecular weight excluding hydrogens is 439 g/mol. The molecule has 0 radical (unpaired) electrons. The fourth-order valence-corrected chi connectivity index (χ4v) is 3.55. The first kappa shape index (κ1) is 20.1. The zero-order chi connectivity index (χ0) is 21.6. The van der Waals surface area contributed by atoms with Gasteiger partial charge in [-0.05, 0) is 42.5 Å². The zero-order valence-electron chi connectivity index (χ0n) is 14.9. The highest BCUT2D eigenvalue weighted by atomic mass is 35.5. The van der Waals surface area contributed by atoms with Crippen molar-refractivity contribution in [3.8, 4) is 0 Å². The second-order valence-corrected chi connectivity index (χ2v) is 7.23. The van der Waals surface area contributed by atoms with E-state index in [1.807, 2.05) is 0 Å². The van der Waals surface area contributed by atoms with Gasteiger partial charge in [-0.25, -0.2) is 8.78 Å². The third-order valence-corrected chi connectivity index (χ3v) is 5.37. The molecular formula is C21H11Cl2F2NO4. The number of rotatable bonds is 3. The normalized spacial score (nSPS) is 18.3. The number of carbonyl (C=O) groups is 2. The Morgan fingerprint density at radius 2 is 1.77 bits per heavy atom. The van der Waals surface area contributed by atoms with Crippen molar-refractivity contribution >= 4 is 46.3 Å². The fourth-order valence-electron chi connectivity index (χ4n) is 3.25. The minimum absolute atomic E-state index is 0.0782. The standard InChI is InChI=1S/C21H11Cl2F2NO4/c22-12-5-3-10(8-13(12)23)19(27)17-18(16-2-1-7-30-16)26(21(29)20(17)28)11-4-6-14(24)15(25)9-11/h1-9,18,27H/b19-17-. The summed E-state index contributed by atoms with van der Waals surface area (Å²) < 4.78 is 32.6. The molecule has 30 heavy (non-hydrogen) atoms. The number of Topliss-reactive ketones (excluding diaryl/α,β-unsaturated/α-hetero) is 1. The first-order valence-electron chi connectivity index (χ1n) is 8.54. The quantitative estimate of drug-likeness (QED) is 0.326. The number of aliphatic hydroxyl groups is 1. The number of benzene rings is 2. The van der Waals surface area contributed by atoms with Crippen molar-refractivity contribution in [1.82, 2.24) is 0 Å². The lowest BCUT2D eigenvalue weighted by molar-refractivity contribution is -0.132. The van der Waals surface area contributed by atoms with Crippen molar-refractivity contribution in [2.75, 3.05) is 4.90 Å². The molecule has 0 aliphatic carbocycles. The summed E-state index contributed by atoms with van der Waals surface area (Å²) in [5.41, 5.74) is -0.229. The van der Waals surface area contributed by atoms with Gasteiger partial charge in [0.05, 0.1) is 21.9 Å². The van der Waals surface area contributed by atoms with Crippen molar-refractivity contribution in [2.45, 2.75) is 6.04 Å². The highest BCUT2D eigenvalue weighted by molar-refractivity contribution is 6.51. The Balaban J connectivity index is 1.93. The van der Waals surface area contributed by atoms with Crippen LogP contribution in [-0.2, 0) is 9.59 Å². The Hall–Kier alpha value is -3.16. The number of furan rings is 1. The molecule has 1 fully saturated rings. The molecule has 3 aromatic rings. The van der Waals surface area contributed by atoms with Gasteiger partial charge in [-0.3, -0.25) is 14.5 Å². The number of aliphatic hydroxyl groups excluding tert-OH is 1. The molecule has 1 atom stereocenters. The number of anilines is 1. The summed E-state index contributed by atoms with van der Waals surface area (Å²) in [6.07, 6.45) is 1.32. The van der Waals surface area contributed by atoms with E-state index in [1.165, 1.54) is 36.6 Å². The third-order valence-electron chi connectivity index (χ3n) is 4.63. The highest BCUT2D eigenvalue weighted by Gasteiger charge is 2.48. The summed E-state index contributed by atoms with van der Waals surface area (Å²) >= 11 is 11.9. The van der Waals surface area contributed by atoms with Gasteiger partial charge in [-0.15, -0.1) is 0 Å². The van der Waals surface area contributed by atoms with Crippen LogP contribution in [0.25, 0.3) is 5.76 Å². The summed E-state index contributed by atoms with van der Waals surface area (Å²) in [6.45, 7) is 0. The molecule has 2 aromatic carbocycles. The molecule has 1 aliphatic rings. The molecule has 1 saturated heterocycles. The average Bonchev–Trinajstić information content (AvgIpc) is 3.33. The molecule has 1 N–H and O–H groups in total. The van der Waals surface area contributed by atoms with E-state index in [0.29, 0.717) is 0 Å². The second kappa shape index (κ2) is 7.59. The first-order chi connectivity index (χ1) is 14.3. The minimum atomic E-state index is -1.21. The van der Waals surface area contributed by atoms with Crippen LogP contribution < -0.4 is 4.90 Å². The van der Waals surface area contributed by atoms with Gasteiger partial charge in [0.1, 0.15) is 17.6 Å². The van der Waals surface area contributed by atoms with Gasteiger partial charge in [-0.2, -0.15) is 0 Å². The topological polar surface area (TPSA) is 70.8 Å². The van der Waals surface area contributed by atoms with Crippen LogP contribution in [0.4, 0.5) is 14.5 Å². The summed E-state index contributed by atoms with van der Waals surface area (Å²) in [5, 5.41) is 11.2. The largest absolute Gasteiger partial charge is 0.507 e. The number of hydrogen-bond acceptors (Lipinski definition) is 4. The first-order valence-corrected chi connectivity index (χ1v) is 9.30. The summed E-state index contributed by atoms with van der Waals surface area (Å²) in [7, 11) is 0. The maximum atomic E-state index is 13.8.